The van der Waals surface area contributed by atoms with Crippen molar-refractivity contribution in [3.8, 4) is 17.2 Å². The molecule has 8 heteroatoms. The number of hydrazone groups is 1. The SMILES string of the molecule is COc1ccccc1NCC(=O)N/N=C\c1ccc(OC(=O)C2CC2)c(OC)c1. The number of esters is 1. The number of rotatable bonds is 9. The molecule has 1 aliphatic carbocycles. The van der Waals surface area contributed by atoms with Crippen LogP contribution < -0.4 is 25.0 Å². The van der Waals surface area contributed by atoms with Gasteiger partial charge in [-0.2, -0.15) is 5.10 Å². The molecule has 2 aromatic carbocycles. The zero-order valence-electron chi connectivity index (χ0n) is 16.3. The Balaban J connectivity index is 1.52. The normalized spacial score (nSPS) is 13.0. The predicted molar refractivity (Wildman–Crippen MR) is 109 cm³/mol. The van der Waals surface area contributed by atoms with E-state index in [9.17, 15) is 9.59 Å². The minimum Gasteiger partial charge on any atom is -0.495 e. The number of hydrogen-bond donors (Lipinski definition) is 2. The number of methoxy groups -OCH3 is 2. The van der Waals surface area contributed by atoms with Gasteiger partial charge in [0, 0.05) is 0 Å². The van der Waals surface area contributed by atoms with E-state index in [4.69, 9.17) is 14.2 Å². The molecule has 1 saturated carbocycles. The fourth-order valence-corrected chi connectivity index (χ4v) is 2.54. The summed E-state index contributed by atoms with van der Waals surface area (Å²) in [6.45, 7) is 0.0388. The Morgan fingerprint density at radius 2 is 1.83 bits per heavy atom. The maximum absolute atomic E-state index is 12.0. The monoisotopic (exact) mass is 397 g/mol. The van der Waals surface area contributed by atoms with Gasteiger partial charge >= 0.3 is 5.97 Å². The summed E-state index contributed by atoms with van der Waals surface area (Å²) in [7, 11) is 3.06. The molecule has 0 atom stereocenters. The molecule has 1 fully saturated rings. The van der Waals surface area contributed by atoms with Gasteiger partial charge in [-0.3, -0.25) is 9.59 Å². The van der Waals surface area contributed by atoms with Gasteiger partial charge in [0.05, 0.1) is 38.6 Å². The van der Waals surface area contributed by atoms with E-state index < -0.39 is 0 Å². The molecule has 0 aliphatic heterocycles. The van der Waals surface area contributed by atoms with Crippen molar-refractivity contribution in [3.05, 3.63) is 48.0 Å². The summed E-state index contributed by atoms with van der Waals surface area (Å²) in [4.78, 5) is 23.8. The second kappa shape index (κ2) is 9.59. The summed E-state index contributed by atoms with van der Waals surface area (Å²) in [5.41, 5.74) is 3.85. The standard InChI is InChI=1S/C21H23N3O5/c1-27-17-6-4-3-5-16(17)22-13-20(25)24-23-12-14-7-10-18(19(11-14)28-2)29-21(26)15-8-9-15/h3-7,10-12,15,22H,8-9,13H2,1-2H3,(H,24,25)/b23-12-. The largest absolute Gasteiger partial charge is 0.495 e. The van der Waals surface area contributed by atoms with E-state index in [-0.39, 0.29) is 24.3 Å². The first-order chi connectivity index (χ1) is 14.1. The molecule has 0 saturated heterocycles. The molecule has 8 nitrogen and oxygen atoms in total. The molecule has 1 aliphatic rings. The third-order valence-electron chi connectivity index (χ3n) is 4.26. The van der Waals surface area contributed by atoms with Gasteiger partial charge in [0.2, 0.25) is 0 Å². The highest BCUT2D eigenvalue weighted by Crippen LogP contribution is 2.34. The van der Waals surface area contributed by atoms with Gasteiger partial charge in [0.15, 0.2) is 11.5 Å². The predicted octanol–water partition coefficient (Wildman–Crippen LogP) is 2.58. The van der Waals surface area contributed by atoms with E-state index in [1.165, 1.54) is 13.3 Å². The van der Waals surface area contributed by atoms with Gasteiger partial charge in [-0.25, -0.2) is 5.43 Å². The van der Waals surface area contributed by atoms with Gasteiger partial charge in [-0.1, -0.05) is 12.1 Å². The molecule has 29 heavy (non-hydrogen) atoms. The maximum Gasteiger partial charge on any atom is 0.314 e. The zero-order chi connectivity index (χ0) is 20.6. The van der Waals surface area contributed by atoms with E-state index in [1.54, 1.807) is 31.4 Å². The molecule has 3 rings (SSSR count). The Hall–Kier alpha value is -3.55. The van der Waals surface area contributed by atoms with Crippen molar-refractivity contribution < 1.29 is 23.8 Å². The highest BCUT2D eigenvalue weighted by molar-refractivity contribution is 5.85. The molecular formula is C21H23N3O5. The van der Waals surface area contributed by atoms with Gasteiger partial charge < -0.3 is 19.5 Å². The number of carbonyl (C=O) groups excluding carboxylic acids is 2. The number of carbonyl (C=O) groups is 2. The fraction of sp³-hybridized carbons (Fsp3) is 0.286. The lowest BCUT2D eigenvalue weighted by atomic mass is 10.2. The van der Waals surface area contributed by atoms with Gasteiger partial charge in [-0.05, 0) is 48.7 Å². The van der Waals surface area contributed by atoms with E-state index in [0.717, 1.165) is 18.5 Å². The molecule has 0 radical (unpaired) electrons. The number of ether oxygens (including phenoxy) is 3. The Bertz CT molecular complexity index is 909. The lowest BCUT2D eigenvalue weighted by Crippen LogP contribution is -2.26. The van der Waals surface area contributed by atoms with Crippen LogP contribution >= 0.6 is 0 Å². The lowest BCUT2D eigenvalue weighted by Gasteiger charge is -2.10. The second-order valence-electron chi connectivity index (χ2n) is 6.45. The Morgan fingerprint density at radius 1 is 1.07 bits per heavy atom. The number of anilines is 1. The van der Waals surface area contributed by atoms with Crippen LogP contribution in [-0.4, -0.2) is 38.9 Å². The summed E-state index contributed by atoms with van der Waals surface area (Å²) in [6.07, 6.45) is 3.23. The van der Waals surface area contributed by atoms with Crippen LogP contribution in [0, 0.1) is 5.92 Å². The number of amides is 1. The lowest BCUT2D eigenvalue weighted by molar-refractivity contribution is -0.135. The van der Waals surface area contributed by atoms with Crippen molar-refractivity contribution in [3.63, 3.8) is 0 Å². The zero-order valence-corrected chi connectivity index (χ0v) is 16.3. The molecule has 0 spiro atoms. The van der Waals surface area contributed by atoms with Gasteiger partial charge in [0.25, 0.3) is 5.91 Å². The van der Waals surface area contributed by atoms with E-state index in [0.29, 0.717) is 22.8 Å². The Morgan fingerprint density at radius 3 is 2.55 bits per heavy atom. The first-order valence-corrected chi connectivity index (χ1v) is 9.19. The minimum absolute atomic E-state index is 0.000575. The summed E-state index contributed by atoms with van der Waals surface area (Å²) in [5, 5.41) is 6.93. The first-order valence-electron chi connectivity index (χ1n) is 9.19. The van der Waals surface area contributed by atoms with Crippen LogP contribution in [0.15, 0.2) is 47.6 Å². The number of para-hydroxylation sites is 2. The third-order valence-corrected chi connectivity index (χ3v) is 4.26. The van der Waals surface area contributed by atoms with Crippen molar-refractivity contribution in [2.75, 3.05) is 26.1 Å². The quantitative estimate of drug-likeness (QED) is 0.292. The summed E-state index contributed by atoms with van der Waals surface area (Å²) in [6, 6.07) is 12.4. The Labute approximate surface area is 168 Å². The molecule has 152 valence electrons. The minimum atomic E-state index is -0.311. The molecule has 1 amide bonds. The summed E-state index contributed by atoms with van der Waals surface area (Å²) in [5.74, 6) is 0.895. The molecular weight excluding hydrogens is 374 g/mol. The smallest absolute Gasteiger partial charge is 0.314 e. The molecule has 0 unspecified atom stereocenters. The van der Waals surface area contributed by atoms with Crippen LogP contribution in [0.1, 0.15) is 18.4 Å². The number of nitrogens with one attached hydrogen (secondary N) is 2. The maximum atomic E-state index is 12.0. The average Bonchev–Trinajstić information content (AvgIpc) is 3.59. The van der Waals surface area contributed by atoms with Crippen LogP contribution in [0.5, 0.6) is 17.2 Å². The molecule has 0 aromatic heterocycles. The summed E-state index contributed by atoms with van der Waals surface area (Å²) >= 11 is 0. The van der Waals surface area contributed by atoms with Gasteiger partial charge in [-0.15, -0.1) is 0 Å². The summed E-state index contributed by atoms with van der Waals surface area (Å²) < 4.78 is 15.9. The molecule has 2 aromatic rings. The molecule has 0 heterocycles. The highest BCUT2D eigenvalue weighted by Gasteiger charge is 2.32. The highest BCUT2D eigenvalue weighted by atomic mass is 16.6. The van der Waals surface area contributed by atoms with E-state index in [2.05, 4.69) is 15.8 Å². The van der Waals surface area contributed by atoms with Crippen LogP contribution in [0.3, 0.4) is 0 Å². The van der Waals surface area contributed by atoms with Crippen molar-refractivity contribution in [1.82, 2.24) is 5.43 Å². The van der Waals surface area contributed by atoms with Crippen LogP contribution in [-0.2, 0) is 9.59 Å². The molecule has 0 bridgehead atoms. The van der Waals surface area contributed by atoms with Crippen LogP contribution in [0.4, 0.5) is 5.69 Å². The second-order valence-corrected chi connectivity index (χ2v) is 6.45. The van der Waals surface area contributed by atoms with Crippen molar-refractivity contribution in [2.45, 2.75) is 12.8 Å². The van der Waals surface area contributed by atoms with Crippen LogP contribution in [0.25, 0.3) is 0 Å². The first kappa shape index (κ1) is 20.2. The van der Waals surface area contributed by atoms with Crippen molar-refractivity contribution >= 4 is 23.8 Å². The number of nitrogens with zero attached hydrogens (tertiary/aromatic N) is 1. The molecule has 2 N–H and O–H groups in total. The topological polar surface area (TPSA) is 98.3 Å². The average molecular weight is 397 g/mol. The van der Waals surface area contributed by atoms with Gasteiger partial charge in [0.1, 0.15) is 5.75 Å². The van der Waals surface area contributed by atoms with Crippen LogP contribution in [0.2, 0.25) is 0 Å². The van der Waals surface area contributed by atoms with Crippen molar-refractivity contribution in [2.24, 2.45) is 11.0 Å². The van der Waals surface area contributed by atoms with E-state index >= 15 is 0 Å². The third kappa shape index (κ3) is 5.71. The van der Waals surface area contributed by atoms with Crippen molar-refractivity contribution in [1.29, 1.82) is 0 Å². The van der Waals surface area contributed by atoms with E-state index in [1.807, 2.05) is 18.2 Å². The fourth-order valence-electron chi connectivity index (χ4n) is 2.54. The Kier molecular flexibility index (Phi) is 6.67. The number of benzene rings is 2. The number of hydrogen-bond acceptors (Lipinski definition) is 7.